The van der Waals surface area contributed by atoms with Gasteiger partial charge in [-0.3, -0.25) is 10.1 Å². The molecule has 0 saturated carbocycles. The smallest absolute Gasteiger partial charge is 0.246 e. The largest absolute Gasteiger partial charge is 0.285 e. The van der Waals surface area contributed by atoms with Gasteiger partial charge in [0.15, 0.2) is 0 Å². The first-order valence-electron chi connectivity index (χ1n) is 5.69. The second-order valence-corrected chi connectivity index (χ2v) is 5.78. The minimum Gasteiger partial charge on any atom is -0.285 e. The van der Waals surface area contributed by atoms with Crippen LogP contribution in [0.15, 0.2) is 17.6 Å². The Bertz CT molecular complexity index is 676. The third-order valence-electron chi connectivity index (χ3n) is 2.11. The van der Waals surface area contributed by atoms with Crippen LogP contribution in [-0.4, -0.2) is 30.5 Å². The number of unbranched alkanes of at least 4 members (excludes halogenated alkanes) is 1. The Labute approximate surface area is 117 Å². The van der Waals surface area contributed by atoms with E-state index in [0.29, 0.717) is 24.8 Å². The van der Waals surface area contributed by atoms with Crippen LogP contribution in [0.2, 0.25) is 0 Å². The number of amides is 1. The normalized spacial score (nSPS) is 10.0. The Kier molecular flexibility index (Phi) is 5.70. The third kappa shape index (κ3) is 5.51. The summed E-state index contributed by atoms with van der Waals surface area (Å²) >= 11 is 0. The predicted molar refractivity (Wildman–Crippen MR) is 72.8 cm³/mol. The molecule has 0 aliphatic heterocycles. The summed E-state index contributed by atoms with van der Waals surface area (Å²) in [6.07, 6.45) is 10.1. The molecule has 7 heteroatoms. The maximum Gasteiger partial charge on any atom is 0.246 e. The quantitative estimate of drug-likeness (QED) is 0.368. The molecule has 1 aromatic rings. The van der Waals surface area contributed by atoms with Crippen LogP contribution in [0.5, 0.6) is 0 Å². The third-order valence-corrected chi connectivity index (χ3v) is 2.98. The van der Waals surface area contributed by atoms with Crippen LogP contribution in [0.3, 0.4) is 0 Å². The highest BCUT2D eigenvalue weighted by atomic mass is 32.2. The van der Waals surface area contributed by atoms with Crippen molar-refractivity contribution in [3.05, 3.63) is 18.0 Å². The number of hydrogen-bond donors (Lipinski definition) is 1. The zero-order chi connectivity index (χ0) is 15.0. The van der Waals surface area contributed by atoms with E-state index in [-0.39, 0.29) is 11.1 Å². The van der Waals surface area contributed by atoms with Crippen LogP contribution in [0.1, 0.15) is 24.8 Å². The van der Waals surface area contributed by atoms with Gasteiger partial charge in [0.25, 0.3) is 0 Å². The molecule has 0 bridgehead atoms. The fraction of sp³-hybridized carbons (Fsp3) is 0.308. The van der Waals surface area contributed by atoms with Crippen LogP contribution < -0.4 is 5.32 Å². The first-order chi connectivity index (χ1) is 9.43. The Hall–Kier alpha value is -2.38. The lowest BCUT2D eigenvalue weighted by Gasteiger charge is -1.95. The summed E-state index contributed by atoms with van der Waals surface area (Å²) in [5.74, 6) is 5.42. The number of nitrogens with one attached hydrogen (secondary N) is 1. The summed E-state index contributed by atoms with van der Waals surface area (Å²) in [7, 11) is -3.39. The number of sulfone groups is 1. The second kappa shape index (κ2) is 7.27. The van der Waals surface area contributed by atoms with Gasteiger partial charge in [0.2, 0.25) is 20.9 Å². The van der Waals surface area contributed by atoms with Crippen molar-refractivity contribution >= 4 is 15.7 Å². The second-order valence-electron chi connectivity index (χ2n) is 3.87. The van der Waals surface area contributed by atoms with Crippen molar-refractivity contribution in [1.82, 2.24) is 15.3 Å². The summed E-state index contributed by atoms with van der Waals surface area (Å²) in [6.45, 7) is 0. The lowest BCUT2D eigenvalue weighted by molar-refractivity contribution is -0.120. The van der Waals surface area contributed by atoms with Crippen molar-refractivity contribution in [2.75, 3.05) is 6.26 Å². The van der Waals surface area contributed by atoms with Crippen molar-refractivity contribution < 1.29 is 13.2 Å². The highest BCUT2D eigenvalue weighted by molar-refractivity contribution is 7.90. The van der Waals surface area contributed by atoms with E-state index in [2.05, 4.69) is 33.2 Å². The first kappa shape index (κ1) is 15.7. The van der Waals surface area contributed by atoms with Crippen LogP contribution in [0, 0.1) is 24.3 Å². The molecule has 0 atom stereocenters. The van der Waals surface area contributed by atoms with Gasteiger partial charge in [0.05, 0.1) is 5.56 Å². The van der Waals surface area contributed by atoms with Crippen LogP contribution in [0.25, 0.3) is 0 Å². The molecule has 1 aromatic heterocycles. The molecule has 0 unspecified atom stereocenters. The Morgan fingerprint density at radius 1 is 1.40 bits per heavy atom. The predicted octanol–water partition coefficient (Wildman–Crippen LogP) is 0.109. The van der Waals surface area contributed by atoms with Crippen molar-refractivity contribution in [2.24, 2.45) is 0 Å². The zero-order valence-electron chi connectivity index (χ0n) is 10.9. The van der Waals surface area contributed by atoms with Crippen molar-refractivity contribution in [3.63, 3.8) is 0 Å². The molecule has 0 aliphatic carbocycles. The molecule has 0 fully saturated rings. The summed E-state index contributed by atoms with van der Waals surface area (Å²) in [4.78, 5) is 18.5. The summed E-state index contributed by atoms with van der Waals surface area (Å²) in [6, 6.07) is 2.05. The minimum atomic E-state index is -3.39. The minimum absolute atomic E-state index is 0.213. The van der Waals surface area contributed by atoms with Gasteiger partial charge in [-0.05, 0) is 6.42 Å². The van der Waals surface area contributed by atoms with Crippen molar-refractivity contribution in [3.8, 4) is 24.3 Å². The van der Waals surface area contributed by atoms with Gasteiger partial charge in [-0.1, -0.05) is 18.3 Å². The molecule has 1 rings (SSSR count). The van der Waals surface area contributed by atoms with Crippen molar-refractivity contribution in [1.29, 1.82) is 0 Å². The number of rotatable bonds is 4. The van der Waals surface area contributed by atoms with Crippen LogP contribution in [-0.2, 0) is 14.6 Å². The van der Waals surface area contributed by atoms with Gasteiger partial charge in [-0.25, -0.2) is 18.4 Å². The number of terminal acetylenes is 1. The molecule has 0 spiro atoms. The van der Waals surface area contributed by atoms with E-state index < -0.39 is 9.84 Å². The Morgan fingerprint density at radius 3 is 2.60 bits per heavy atom. The van der Waals surface area contributed by atoms with Crippen molar-refractivity contribution in [2.45, 2.75) is 24.4 Å². The molecule has 1 amide bonds. The average molecular weight is 291 g/mol. The molecule has 0 aromatic carbocycles. The fourth-order valence-electron chi connectivity index (χ4n) is 1.22. The summed E-state index contributed by atoms with van der Waals surface area (Å²) in [5, 5.41) is 2.01. The fourth-order valence-corrected chi connectivity index (χ4v) is 1.71. The number of carbonyl (C=O) groups excluding carboxylic acids is 1. The van der Waals surface area contributed by atoms with Gasteiger partial charge in [-0.15, -0.1) is 0 Å². The van der Waals surface area contributed by atoms with E-state index in [1.54, 1.807) is 0 Å². The summed E-state index contributed by atoms with van der Waals surface area (Å²) in [5.41, 5.74) is 0.519. The SMILES string of the molecule is C#CNC(=O)CCCC#Cc1cnc(S(C)(=O)=O)nc1. The van der Waals surface area contributed by atoms with E-state index in [1.165, 1.54) is 12.4 Å². The maximum absolute atomic E-state index is 11.1. The Morgan fingerprint density at radius 2 is 2.05 bits per heavy atom. The average Bonchev–Trinajstić information content (AvgIpc) is 2.38. The summed E-state index contributed by atoms with van der Waals surface area (Å²) < 4.78 is 22.3. The molecule has 104 valence electrons. The van der Waals surface area contributed by atoms with Crippen LogP contribution >= 0.6 is 0 Å². The highest BCUT2D eigenvalue weighted by Crippen LogP contribution is 2.01. The molecule has 0 aliphatic rings. The lowest BCUT2D eigenvalue weighted by Crippen LogP contribution is -2.16. The van der Waals surface area contributed by atoms with Crippen LogP contribution in [0.4, 0.5) is 0 Å². The number of hydrogen-bond acceptors (Lipinski definition) is 5. The topological polar surface area (TPSA) is 89.0 Å². The molecule has 1 N–H and O–H groups in total. The van der Waals surface area contributed by atoms with Gasteiger partial charge < -0.3 is 0 Å². The van der Waals surface area contributed by atoms with E-state index >= 15 is 0 Å². The molecule has 1 heterocycles. The maximum atomic E-state index is 11.1. The molecule has 6 nitrogen and oxygen atoms in total. The van der Waals surface area contributed by atoms with Gasteiger partial charge in [-0.2, -0.15) is 0 Å². The van der Waals surface area contributed by atoms with E-state index in [4.69, 9.17) is 6.42 Å². The van der Waals surface area contributed by atoms with E-state index in [1.807, 2.05) is 0 Å². The van der Waals surface area contributed by atoms with E-state index in [9.17, 15) is 13.2 Å². The van der Waals surface area contributed by atoms with E-state index in [0.717, 1.165) is 6.26 Å². The monoisotopic (exact) mass is 291 g/mol. The van der Waals surface area contributed by atoms with Gasteiger partial charge in [0, 0.05) is 37.5 Å². The van der Waals surface area contributed by atoms with Gasteiger partial charge >= 0.3 is 0 Å². The molecule has 0 radical (unpaired) electrons. The zero-order valence-corrected chi connectivity index (χ0v) is 11.7. The molecule has 20 heavy (non-hydrogen) atoms. The van der Waals surface area contributed by atoms with Gasteiger partial charge in [0.1, 0.15) is 0 Å². The molecular weight excluding hydrogens is 278 g/mol. The standard InChI is InChI=1S/C13H13N3O3S/c1-3-14-12(17)8-6-4-5-7-11-9-15-13(16-10-11)20(2,18)19/h1,9-10H,4,6,8H2,2H3,(H,14,17). The number of aromatic nitrogens is 2. The molecule has 0 saturated heterocycles. The Balaban J connectivity index is 2.49. The highest BCUT2D eigenvalue weighted by Gasteiger charge is 2.09. The first-order valence-corrected chi connectivity index (χ1v) is 7.58. The number of nitrogens with zero attached hydrogens (tertiary/aromatic N) is 2. The lowest BCUT2D eigenvalue weighted by atomic mass is 10.2. The molecular formula is C13H13N3O3S. The number of carbonyl (C=O) groups is 1.